The van der Waals surface area contributed by atoms with Crippen molar-refractivity contribution in [2.45, 2.75) is 19.5 Å². The quantitative estimate of drug-likeness (QED) is 0.509. The number of hydrogen-bond donors (Lipinski definition) is 3. The van der Waals surface area contributed by atoms with Gasteiger partial charge in [-0.05, 0) is 18.6 Å². The van der Waals surface area contributed by atoms with Gasteiger partial charge in [0.15, 0.2) is 0 Å². The maximum Gasteiger partial charge on any atom is 0.455 e. The smallest absolute Gasteiger partial charge is 0.455 e. The van der Waals surface area contributed by atoms with E-state index in [0.29, 0.717) is 6.42 Å². The van der Waals surface area contributed by atoms with E-state index >= 15 is 0 Å². The normalized spacial score (nSPS) is 10.9. The van der Waals surface area contributed by atoms with E-state index in [2.05, 4.69) is 4.74 Å². The number of benzene rings is 1. The van der Waals surface area contributed by atoms with Gasteiger partial charge in [-0.2, -0.15) is 0 Å². The first-order valence-corrected chi connectivity index (χ1v) is 5.51. The van der Waals surface area contributed by atoms with Crippen LogP contribution in [0, 0.1) is 0 Å². The van der Waals surface area contributed by atoms with Crippen molar-refractivity contribution >= 4 is 11.9 Å². The molecule has 1 rings (SSSR count). The lowest BCUT2D eigenvalue weighted by molar-refractivity contribution is -0.430. The standard InChI is InChI=1S/C12H14O7/c1-2-7-18-10(13)8-5-3-4-6-9(8)11(14)19-12(15,16)17/h3-6,15-17H,2,7H2,1H3. The fourth-order valence-corrected chi connectivity index (χ4v) is 1.29. The van der Waals surface area contributed by atoms with Crippen molar-refractivity contribution < 1.29 is 34.4 Å². The Morgan fingerprint density at radius 1 is 1.11 bits per heavy atom. The van der Waals surface area contributed by atoms with Crippen molar-refractivity contribution in [3.63, 3.8) is 0 Å². The molecule has 0 radical (unpaired) electrons. The van der Waals surface area contributed by atoms with Crippen LogP contribution in [0.2, 0.25) is 0 Å². The van der Waals surface area contributed by atoms with Gasteiger partial charge < -0.3 is 24.8 Å². The predicted molar refractivity (Wildman–Crippen MR) is 61.8 cm³/mol. The topological polar surface area (TPSA) is 113 Å². The molecular formula is C12H14O7. The summed E-state index contributed by atoms with van der Waals surface area (Å²) in [6.45, 7) is 2.00. The molecule has 0 saturated carbocycles. The molecule has 0 heterocycles. The molecule has 0 spiro atoms. The van der Waals surface area contributed by atoms with E-state index in [-0.39, 0.29) is 17.7 Å². The molecule has 0 aliphatic carbocycles. The Labute approximate surface area is 109 Å². The Kier molecular flexibility index (Phi) is 4.99. The lowest BCUT2D eigenvalue weighted by Gasteiger charge is -2.15. The Morgan fingerprint density at radius 2 is 1.63 bits per heavy atom. The summed E-state index contributed by atoms with van der Waals surface area (Å²) in [7, 11) is 0. The first-order chi connectivity index (χ1) is 8.85. The zero-order chi connectivity index (χ0) is 14.5. The summed E-state index contributed by atoms with van der Waals surface area (Å²) in [5, 5.41) is 25.7. The Morgan fingerprint density at radius 3 is 2.11 bits per heavy atom. The van der Waals surface area contributed by atoms with E-state index in [1.807, 2.05) is 6.92 Å². The van der Waals surface area contributed by atoms with Crippen molar-refractivity contribution in [2.24, 2.45) is 0 Å². The second-order valence-corrected chi connectivity index (χ2v) is 3.64. The molecule has 0 aliphatic rings. The minimum absolute atomic E-state index is 0.0924. The van der Waals surface area contributed by atoms with Crippen molar-refractivity contribution in [1.29, 1.82) is 0 Å². The molecule has 0 fully saturated rings. The molecule has 7 nitrogen and oxygen atoms in total. The van der Waals surface area contributed by atoms with Gasteiger partial charge in [0.2, 0.25) is 0 Å². The van der Waals surface area contributed by atoms with Crippen LogP contribution in [0.25, 0.3) is 0 Å². The number of aliphatic hydroxyl groups is 3. The molecule has 3 N–H and O–H groups in total. The Hall–Kier alpha value is -1.96. The lowest BCUT2D eigenvalue weighted by Crippen LogP contribution is -2.34. The predicted octanol–water partition coefficient (Wildman–Crippen LogP) is -0.00160. The fourth-order valence-electron chi connectivity index (χ4n) is 1.29. The number of ether oxygens (including phenoxy) is 2. The van der Waals surface area contributed by atoms with E-state index < -0.39 is 18.1 Å². The van der Waals surface area contributed by atoms with Crippen molar-refractivity contribution in [1.82, 2.24) is 0 Å². The van der Waals surface area contributed by atoms with Crippen LogP contribution in [-0.2, 0) is 9.47 Å². The van der Waals surface area contributed by atoms with Crippen LogP contribution in [0.5, 0.6) is 0 Å². The van der Waals surface area contributed by atoms with Crippen LogP contribution in [0.4, 0.5) is 0 Å². The maximum atomic E-state index is 11.7. The number of esters is 2. The van der Waals surface area contributed by atoms with E-state index in [0.717, 1.165) is 0 Å². The summed E-state index contributed by atoms with van der Waals surface area (Å²) in [5.41, 5.74) is -0.338. The molecule has 0 saturated heterocycles. The summed E-state index contributed by atoms with van der Waals surface area (Å²) in [5.74, 6) is -2.01. The van der Waals surface area contributed by atoms with Crippen LogP contribution >= 0.6 is 0 Å². The van der Waals surface area contributed by atoms with E-state index in [4.69, 9.17) is 20.1 Å². The summed E-state index contributed by atoms with van der Waals surface area (Å²) in [6.07, 6.45) is -2.98. The van der Waals surface area contributed by atoms with Crippen molar-refractivity contribution in [2.75, 3.05) is 6.61 Å². The van der Waals surface area contributed by atoms with E-state index in [9.17, 15) is 9.59 Å². The Balaban J connectivity index is 2.95. The molecule has 104 valence electrons. The van der Waals surface area contributed by atoms with Crippen LogP contribution in [0.15, 0.2) is 24.3 Å². The van der Waals surface area contributed by atoms with Gasteiger partial charge in [-0.3, -0.25) is 0 Å². The van der Waals surface area contributed by atoms with Crippen LogP contribution in [0.3, 0.4) is 0 Å². The van der Waals surface area contributed by atoms with Gasteiger partial charge in [0.05, 0.1) is 17.7 Å². The zero-order valence-corrected chi connectivity index (χ0v) is 10.2. The van der Waals surface area contributed by atoms with Crippen LogP contribution in [0.1, 0.15) is 34.1 Å². The molecule has 0 atom stereocenters. The number of carbonyl (C=O) groups excluding carboxylic acids is 2. The van der Waals surface area contributed by atoms with Crippen LogP contribution < -0.4 is 0 Å². The van der Waals surface area contributed by atoms with Crippen LogP contribution in [-0.4, -0.2) is 40.0 Å². The molecule has 19 heavy (non-hydrogen) atoms. The molecular weight excluding hydrogens is 256 g/mol. The minimum atomic E-state index is -3.60. The first kappa shape index (κ1) is 15.1. The Bertz CT molecular complexity index is 461. The molecule has 7 heteroatoms. The van der Waals surface area contributed by atoms with E-state index in [1.165, 1.54) is 24.3 Å². The van der Waals surface area contributed by atoms with E-state index in [1.54, 1.807) is 0 Å². The molecule has 1 aromatic carbocycles. The third kappa shape index (κ3) is 4.66. The minimum Gasteiger partial charge on any atom is -0.462 e. The average Bonchev–Trinajstić information content (AvgIpc) is 2.34. The van der Waals surface area contributed by atoms with Gasteiger partial charge in [-0.1, -0.05) is 19.1 Å². The highest BCUT2D eigenvalue weighted by atomic mass is 16.9. The fraction of sp³-hybridized carbons (Fsp3) is 0.333. The largest absolute Gasteiger partial charge is 0.462 e. The van der Waals surface area contributed by atoms with Gasteiger partial charge >= 0.3 is 18.1 Å². The molecule has 1 aromatic rings. The number of hydrogen-bond acceptors (Lipinski definition) is 7. The summed E-state index contributed by atoms with van der Waals surface area (Å²) >= 11 is 0. The average molecular weight is 270 g/mol. The lowest BCUT2D eigenvalue weighted by atomic mass is 10.1. The molecule has 0 bridgehead atoms. The third-order valence-electron chi connectivity index (χ3n) is 2.03. The SMILES string of the molecule is CCCOC(=O)c1ccccc1C(=O)OC(O)(O)O. The second kappa shape index (κ2) is 6.28. The molecule has 0 aliphatic heterocycles. The zero-order valence-electron chi connectivity index (χ0n) is 10.2. The summed E-state index contributed by atoms with van der Waals surface area (Å²) in [4.78, 5) is 23.2. The van der Waals surface area contributed by atoms with Crippen molar-refractivity contribution in [3.8, 4) is 0 Å². The van der Waals surface area contributed by atoms with Gasteiger partial charge in [0.25, 0.3) is 0 Å². The highest BCUT2D eigenvalue weighted by Gasteiger charge is 2.28. The molecule has 0 aromatic heterocycles. The monoisotopic (exact) mass is 270 g/mol. The third-order valence-corrected chi connectivity index (χ3v) is 2.03. The highest BCUT2D eigenvalue weighted by molar-refractivity contribution is 6.03. The molecule has 0 unspecified atom stereocenters. The van der Waals surface area contributed by atoms with Gasteiger partial charge in [0, 0.05) is 0 Å². The highest BCUT2D eigenvalue weighted by Crippen LogP contribution is 2.14. The summed E-state index contributed by atoms with van der Waals surface area (Å²) < 4.78 is 8.80. The van der Waals surface area contributed by atoms with Gasteiger partial charge in [0.1, 0.15) is 0 Å². The number of rotatable bonds is 5. The van der Waals surface area contributed by atoms with Gasteiger partial charge in [-0.25, -0.2) is 9.59 Å². The molecule has 0 amide bonds. The number of carbonyl (C=O) groups is 2. The first-order valence-electron chi connectivity index (χ1n) is 5.51. The summed E-state index contributed by atoms with van der Waals surface area (Å²) in [6, 6.07) is 5.50. The van der Waals surface area contributed by atoms with Gasteiger partial charge in [-0.15, -0.1) is 0 Å². The second-order valence-electron chi connectivity index (χ2n) is 3.64. The maximum absolute atomic E-state index is 11.7. The van der Waals surface area contributed by atoms with Crippen molar-refractivity contribution in [3.05, 3.63) is 35.4 Å².